The molecule has 0 radical (unpaired) electrons. The van der Waals surface area contributed by atoms with E-state index in [1.54, 1.807) is 43.3 Å². The van der Waals surface area contributed by atoms with Crippen LogP contribution in [0.4, 0.5) is 53.3 Å². The fourth-order valence-electron chi connectivity index (χ4n) is 5.02. The first-order valence-electron chi connectivity index (χ1n) is 16.3. The van der Waals surface area contributed by atoms with Crippen molar-refractivity contribution in [3.8, 4) is 0 Å². The molecule has 0 aliphatic heterocycles. The standard InChI is InChI=1S/C37H36N8O8S2/c1-23-8-4-10-26(18-23)38-34(46)40-28-12-6-14-31(20-28)54(50,51)44-36(48)42-30-17-16-25(3)33(22-30)43-37(49)45-55(52,53)32-15-7-13-29(21-32)41-35(47)39-27-11-5-9-24(2)19-27/h4-22H,1-3H3,(H2,38,40,46)(H2,39,41,47)(H2,42,44,48)(H2,43,45,49). The van der Waals surface area contributed by atoms with Gasteiger partial charge in [-0.3, -0.25) is 0 Å². The number of hydrogen-bond acceptors (Lipinski definition) is 8. The SMILES string of the molecule is Cc1cccc(NC(=O)Nc2cccc(S(=O)(=O)NC(=O)Nc3ccc(C)c(NC(=O)NS(=O)(=O)c4cccc(NC(=O)Nc5cccc(C)c5)c4)c3)c2)c1. The number of aryl methyl sites for hydroxylation is 3. The molecule has 5 rings (SSSR count). The van der Waals surface area contributed by atoms with Crippen molar-refractivity contribution >= 4 is 78.3 Å². The zero-order valence-electron chi connectivity index (χ0n) is 29.6. The predicted molar refractivity (Wildman–Crippen MR) is 210 cm³/mol. The van der Waals surface area contributed by atoms with Crippen molar-refractivity contribution in [3.63, 3.8) is 0 Å². The highest BCUT2D eigenvalue weighted by Crippen LogP contribution is 2.22. The molecule has 0 atom stereocenters. The van der Waals surface area contributed by atoms with E-state index in [1.807, 2.05) is 35.4 Å². The lowest BCUT2D eigenvalue weighted by molar-refractivity contribution is 0.255. The molecule has 0 spiro atoms. The van der Waals surface area contributed by atoms with E-state index in [9.17, 15) is 36.0 Å². The summed E-state index contributed by atoms with van der Waals surface area (Å²) in [5.41, 5.74) is 3.87. The summed E-state index contributed by atoms with van der Waals surface area (Å²) in [5, 5.41) is 15.2. The normalized spacial score (nSPS) is 11.0. The summed E-state index contributed by atoms with van der Waals surface area (Å²) in [6.45, 7) is 5.34. The number of rotatable bonds is 10. The van der Waals surface area contributed by atoms with Gasteiger partial charge in [0.1, 0.15) is 0 Å². The number of nitrogens with one attached hydrogen (secondary N) is 8. The third-order valence-electron chi connectivity index (χ3n) is 7.55. The Morgan fingerprint density at radius 2 is 0.764 bits per heavy atom. The second kappa shape index (κ2) is 16.8. The zero-order valence-corrected chi connectivity index (χ0v) is 31.2. The van der Waals surface area contributed by atoms with Gasteiger partial charge in [0, 0.05) is 34.1 Å². The first kappa shape index (κ1) is 39.3. The van der Waals surface area contributed by atoms with Crippen molar-refractivity contribution in [2.45, 2.75) is 30.6 Å². The Morgan fingerprint density at radius 1 is 0.400 bits per heavy atom. The molecule has 0 bridgehead atoms. The molecule has 284 valence electrons. The minimum Gasteiger partial charge on any atom is -0.308 e. The fourth-order valence-corrected chi connectivity index (χ4v) is 6.92. The van der Waals surface area contributed by atoms with E-state index in [0.29, 0.717) is 16.9 Å². The highest BCUT2D eigenvalue weighted by atomic mass is 32.2. The van der Waals surface area contributed by atoms with E-state index >= 15 is 0 Å². The molecule has 55 heavy (non-hydrogen) atoms. The van der Waals surface area contributed by atoms with Crippen LogP contribution in [0.2, 0.25) is 0 Å². The van der Waals surface area contributed by atoms with Crippen LogP contribution < -0.4 is 41.3 Å². The van der Waals surface area contributed by atoms with E-state index < -0.39 is 44.2 Å². The van der Waals surface area contributed by atoms with Crippen molar-refractivity contribution in [1.82, 2.24) is 9.44 Å². The Morgan fingerprint density at radius 3 is 1.20 bits per heavy atom. The van der Waals surface area contributed by atoms with E-state index in [4.69, 9.17) is 0 Å². The molecule has 8 N–H and O–H groups in total. The lowest BCUT2D eigenvalue weighted by Gasteiger charge is -2.14. The number of anilines is 6. The molecule has 18 heteroatoms. The maximum absolute atomic E-state index is 13.1. The maximum atomic E-state index is 13.1. The van der Waals surface area contributed by atoms with Gasteiger partial charge in [-0.05, 0) is 110 Å². The summed E-state index contributed by atoms with van der Waals surface area (Å²) < 4.78 is 56.0. The Bertz CT molecular complexity index is 2510. The molecular formula is C37H36N8O8S2. The molecule has 16 nitrogen and oxygen atoms in total. The molecule has 0 unspecified atom stereocenters. The largest absolute Gasteiger partial charge is 0.333 e. The minimum atomic E-state index is -4.42. The quantitative estimate of drug-likeness (QED) is 0.0739. The molecule has 5 aromatic rings. The van der Waals surface area contributed by atoms with Crippen molar-refractivity contribution in [3.05, 3.63) is 132 Å². The molecule has 0 aromatic heterocycles. The summed E-state index contributed by atoms with van der Waals surface area (Å²) in [6.07, 6.45) is 0. The van der Waals surface area contributed by atoms with E-state index in [1.165, 1.54) is 66.7 Å². The molecule has 0 heterocycles. The van der Waals surface area contributed by atoms with Crippen LogP contribution in [0.25, 0.3) is 0 Å². The van der Waals surface area contributed by atoms with E-state index in [2.05, 4.69) is 31.9 Å². The molecule has 5 aromatic carbocycles. The Kier molecular flexibility index (Phi) is 12.0. The fraction of sp³-hybridized carbons (Fsp3) is 0.0811. The van der Waals surface area contributed by atoms with Gasteiger partial charge in [0.05, 0.1) is 9.79 Å². The Balaban J connectivity index is 1.17. The molecule has 0 saturated carbocycles. The number of urea groups is 4. The summed E-state index contributed by atoms with van der Waals surface area (Å²) in [6, 6.07) is 25.4. The predicted octanol–water partition coefficient (Wildman–Crippen LogP) is 6.92. The Labute approximate surface area is 317 Å². The number of benzene rings is 5. The molecule has 0 aliphatic rings. The number of hydrogen-bond donors (Lipinski definition) is 8. The van der Waals surface area contributed by atoms with Crippen LogP contribution in [0.3, 0.4) is 0 Å². The summed E-state index contributed by atoms with van der Waals surface area (Å²) in [5.74, 6) is 0. The molecule has 8 amide bonds. The lowest BCUT2D eigenvalue weighted by atomic mass is 10.2. The zero-order chi connectivity index (χ0) is 39.8. The minimum absolute atomic E-state index is 0.0578. The highest BCUT2D eigenvalue weighted by molar-refractivity contribution is 7.90. The van der Waals surface area contributed by atoms with Crippen LogP contribution >= 0.6 is 0 Å². The second-order valence-corrected chi connectivity index (χ2v) is 15.5. The molecule has 0 saturated heterocycles. The molecule has 0 fully saturated rings. The third kappa shape index (κ3) is 11.3. The van der Waals surface area contributed by atoms with Gasteiger partial charge in [-0.2, -0.15) is 0 Å². The molecular weight excluding hydrogens is 749 g/mol. The van der Waals surface area contributed by atoms with Gasteiger partial charge in [0.25, 0.3) is 20.0 Å². The van der Waals surface area contributed by atoms with Gasteiger partial charge in [0.2, 0.25) is 0 Å². The van der Waals surface area contributed by atoms with Gasteiger partial charge in [-0.25, -0.2) is 45.5 Å². The van der Waals surface area contributed by atoms with Crippen molar-refractivity contribution in [1.29, 1.82) is 0 Å². The van der Waals surface area contributed by atoms with Crippen LogP contribution in [0.15, 0.2) is 125 Å². The van der Waals surface area contributed by atoms with Crippen molar-refractivity contribution in [2.24, 2.45) is 0 Å². The van der Waals surface area contributed by atoms with Crippen LogP contribution in [0.5, 0.6) is 0 Å². The smallest absolute Gasteiger partial charge is 0.308 e. The van der Waals surface area contributed by atoms with Gasteiger partial charge in [0.15, 0.2) is 0 Å². The van der Waals surface area contributed by atoms with E-state index in [-0.39, 0.29) is 32.5 Å². The average Bonchev–Trinajstić information content (AvgIpc) is 3.09. The highest BCUT2D eigenvalue weighted by Gasteiger charge is 2.21. The van der Waals surface area contributed by atoms with Gasteiger partial charge >= 0.3 is 24.1 Å². The Hall–Kier alpha value is -6.92. The maximum Gasteiger partial charge on any atom is 0.333 e. The van der Waals surface area contributed by atoms with Gasteiger partial charge in [-0.1, -0.05) is 42.5 Å². The first-order chi connectivity index (χ1) is 26.0. The summed E-state index contributed by atoms with van der Waals surface area (Å²) in [7, 11) is -8.84. The van der Waals surface area contributed by atoms with Gasteiger partial charge in [-0.15, -0.1) is 0 Å². The topological polar surface area (TPSA) is 233 Å². The van der Waals surface area contributed by atoms with Crippen molar-refractivity contribution in [2.75, 3.05) is 31.9 Å². The van der Waals surface area contributed by atoms with Crippen molar-refractivity contribution < 1.29 is 36.0 Å². The van der Waals surface area contributed by atoms with Crippen LogP contribution in [0.1, 0.15) is 16.7 Å². The number of carbonyl (C=O) groups is 4. The van der Waals surface area contributed by atoms with Gasteiger partial charge < -0.3 is 31.9 Å². The number of sulfonamides is 2. The monoisotopic (exact) mass is 784 g/mol. The number of carbonyl (C=O) groups excluding carboxylic acids is 4. The molecule has 0 aliphatic carbocycles. The van der Waals surface area contributed by atoms with Crippen LogP contribution in [0, 0.1) is 20.8 Å². The van der Waals surface area contributed by atoms with Crippen LogP contribution in [-0.2, 0) is 20.0 Å². The van der Waals surface area contributed by atoms with E-state index in [0.717, 1.165) is 11.1 Å². The average molecular weight is 785 g/mol. The summed E-state index contributed by atoms with van der Waals surface area (Å²) >= 11 is 0. The lowest BCUT2D eigenvalue weighted by Crippen LogP contribution is -2.35. The summed E-state index contributed by atoms with van der Waals surface area (Å²) in [4.78, 5) is 49.9. The third-order valence-corrected chi connectivity index (χ3v) is 10.2. The first-order valence-corrected chi connectivity index (χ1v) is 19.3. The number of amides is 8. The van der Waals surface area contributed by atoms with Crippen LogP contribution in [-0.4, -0.2) is 41.0 Å². The second-order valence-electron chi connectivity index (χ2n) is 12.1.